The second-order valence-corrected chi connectivity index (χ2v) is 4.10. The molecule has 3 nitrogen and oxygen atoms in total. The van der Waals surface area contributed by atoms with Gasteiger partial charge in [0.05, 0.1) is 4.88 Å². The van der Waals surface area contributed by atoms with Crippen molar-refractivity contribution in [2.75, 3.05) is 0 Å². The lowest BCUT2D eigenvalue weighted by molar-refractivity contribution is 0.503. The zero-order chi connectivity index (χ0) is 9.97. The fraction of sp³-hybridized carbons (Fsp3) is 0.400. The maximum absolute atomic E-state index is 5.54. The van der Waals surface area contributed by atoms with E-state index in [4.69, 9.17) is 4.42 Å². The van der Waals surface area contributed by atoms with E-state index in [0.29, 0.717) is 5.89 Å². The van der Waals surface area contributed by atoms with Crippen LogP contribution in [0.3, 0.4) is 0 Å². The molecule has 0 N–H and O–H groups in total. The topological polar surface area (TPSA) is 38.9 Å². The van der Waals surface area contributed by atoms with Gasteiger partial charge in [-0.15, -0.1) is 21.5 Å². The zero-order valence-electron chi connectivity index (χ0n) is 8.28. The molecule has 74 valence electrons. The molecule has 0 bridgehead atoms. The summed E-state index contributed by atoms with van der Waals surface area (Å²) in [6.45, 7) is 4.15. The molecule has 0 aliphatic heterocycles. The third kappa shape index (κ3) is 1.70. The van der Waals surface area contributed by atoms with Gasteiger partial charge in [-0.05, 0) is 30.4 Å². The van der Waals surface area contributed by atoms with Crippen LogP contribution in [0.4, 0.5) is 0 Å². The number of aromatic nitrogens is 2. The van der Waals surface area contributed by atoms with Crippen molar-refractivity contribution < 1.29 is 4.42 Å². The third-order valence-electron chi connectivity index (χ3n) is 1.99. The lowest BCUT2D eigenvalue weighted by atomic mass is 10.3. The van der Waals surface area contributed by atoms with Crippen molar-refractivity contribution in [3.63, 3.8) is 0 Å². The summed E-state index contributed by atoms with van der Waals surface area (Å²) in [5.41, 5.74) is 1.20. The molecule has 0 fully saturated rings. The quantitative estimate of drug-likeness (QED) is 0.778. The van der Waals surface area contributed by atoms with Crippen molar-refractivity contribution in [1.29, 1.82) is 0 Å². The molecule has 0 unspecified atom stereocenters. The van der Waals surface area contributed by atoms with Crippen molar-refractivity contribution in [3.05, 3.63) is 22.9 Å². The van der Waals surface area contributed by atoms with Gasteiger partial charge in [-0.2, -0.15) is 0 Å². The fourth-order valence-electron chi connectivity index (χ4n) is 1.25. The average molecular weight is 208 g/mol. The first kappa shape index (κ1) is 9.40. The molecule has 0 aromatic carbocycles. The molecule has 14 heavy (non-hydrogen) atoms. The molecule has 0 spiro atoms. The second-order valence-electron chi connectivity index (χ2n) is 3.18. The average Bonchev–Trinajstić information content (AvgIpc) is 2.74. The van der Waals surface area contributed by atoms with Crippen LogP contribution in [0, 0.1) is 6.92 Å². The van der Waals surface area contributed by atoms with Crippen molar-refractivity contribution in [2.45, 2.75) is 26.7 Å². The number of rotatable bonds is 3. The summed E-state index contributed by atoms with van der Waals surface area (Å²) >= 11 is 1.64. The number of nitrogens with zero attached hydrogens (tertiary/aromatic N) is 2. The number of hydrogen-bond donors (Lipinski definition) is 0. The summed E-state index contributed by atoms with van der Waals surface area (Å²) in [5, 5.41) is 10.1. The van der Waals surface area contributed by atoms with Crippen LogP contribution < -0.4 is 0 Å². The van der Waals surface area contributed by atoms with E-state index in [0.717, 1.165) is 23.6 Å². The summed E-state index contributed by atoms with van der Waals surface area (Å²) in [4.78, 5) is 1.08. The Balaban J connectivity index is 2.29. The predicted molar refractivity (Wildman–Crippen MR) is 56.3 cm³/mol. The maximum atomic E-state index is 5.54. The van der Waals surface area contributed by atoms with Crippen LogP contribution in [-0.4, -0.2) is 10.2 Å². The molecule has 0 amide bonds. The first-order valence-electron chi connectivity index (χ1n) is 4.68. The Bertz CT molecular complexity index is 419. The summed E-state index contributed by atoms with van der Waals surface area (Å²) in [7, 11) is 0. The number of thiophene rings is 1. The van der Waals surface area contributed by atoms with Crippen molar-refractivity contribution in [3.8, 4) is 10.8 Å². The molecule has 0 aliphatic carbocycles. The van der Waals surface area contributed by atoms with E-state index in [-0.39, 0.29) is 0 Å². The van der Waals surface area contributed by atoms with E-state index in [2.05, 4.69) is 30.1 Å². The van der Waals surface area contributed by atoms with E-state index >= 15 is 0 Å². The smallest absolute Gasteiger partial charge is 0.257 e. The van der Waals surface area contributed by atoms with Gasteiger partial charge in [0.2, 0.25) is 5.89 Å². The molecule has 2 aromatic rings. The van der Waals surface area contributed by atoms with E-state index in [1.807, 2.05) is 5.38 Å². The van der Waals surface area contributed by atoms with Crippen LogP contribution in [0.5, 0.6) is 0 Å². The van der Waals surface area contributed by atoms with Gasteiger partial charge in [-0.1, -0.05) is 6.92 Å². The van der Waals surface area contributed by atoms with Gasteiger partial charge in [-0.3, -0.25) is 0 Å². The highest BCUT2D eigenvalue weighted by Gasteiger charge is 2.10. The van der Waals surface area contributed by atoms with E-state index < -0.39 is 0 Å². The minimum absolute atomic E-state index is 0.654. The van der Waals surface area contributed by atoms with Gasteiger partial charge < -0.3 is 4.42 Å². The van der Waals surface area contributed by atoms with Gasteiger partial charge in [0.1, 0.15) is 0 Å². The van der Waals surface area contributed by atoms with Crippen LogP contribution in [0.1, 0.15) is 24.8 Å². The Morgan fingerprint density at radius 3 is 2.93 bits per heavy atom. The summed E-state index contributed by atoms with van der Waals surface area (Å²) in [5.74, 6) is 1.39. The van der Waals surface area contributed by atoms with Crippen LogP contribution in [0.15, 0.2) is 15.9 Å². The molecule has 2 aromatic heterocycles. The molecule has 0 saturated carbocycles. The first-order valence-corrected chi connectivity index (χ1v) is 5.56. The summed E-state index contributed by atoms with van der Waals surface area (Å²) in [6.07, 6.45) is 1.89. The molecule has 0 atom stereocenters. The highest BCUT2D eigenvalue weighted by atomic mass is 32.1. The predicted octanol–water partition coefficient (Wildman–Crippen LogP) is 3.06. The lowest BCUT2D eigenvalue weighted by Gasteiger charge is -1.90. The maximum Gasteiger partial charge on any atom is 0.257 e. The molecular weight excluding hydrogens is 196 g/mol. The van der Waals surface area contributed by atoms with Crippen molar-refractivity contribution in [1.82, 2.24) is 10.2 Å². The SMILES string of the molecule is CCCc1nnc(-c2sccc2C)o1. The minimum atomic E-state index is 0.654. The normalized spacial score (nSPS) is 10.7. The fourth-order valence-corrected chi connectivity index (χ4v) is 2.10. The first-order chi connectivity index (χ1) is 6.81. The number of hydrogen-bond acceptors (Lipinski definition) is 4. The Hall–Kier alpha value is -1.16. The standard InChI is InChI=1S/C10H12N2OS/c1-3-4-8-11-12-10(13-8)9-7(2)5-6-14-9/h5-6H,3-4H2,1-2H3. The molecule has 0 radical (unpaired) electrons. The highest BCUT2D eigenvalue weighted by molar-refractivity contribution is 7.13. The third-order valence-corrected chi connectivity index (χ3v) is 2.99. The molecular formula is C10H12N2OS. The Morgan fingerprint density at radius 2 is 2.29 bits per heavy atom. The molecule has 2 heterocycles. The van der Waals surface area contributed by atoms with Crippen LogP contribution in [0.2, 0.25) is 0 Å². The van der Waals surface area contributed by atoms with Crippen molar-refractivity contribution >= 4 is 11.3 Å². The summed E-state index contributed by atoms with van der Waals surface area (Å²) < 4.78 is 5.54. The van der Waals surface area contributed by atoms with Gasteiger partial charge in [0.25, 0.3) is 5.89 Å². The van der Waals surface area contributed by atoms with E-state index in [9.17, 15) is 0 Å². The Morgan fingerprint density at radius 1 is 1.43 bits per heavy atom. The molecule has 0 saturated heterocycles. The minimum Gasteiger partial charge on any atom is -0.420 e. The highest BCUT2D eigenvalue weighted by Crippen LogP contribution is 2.27. The van der Waals surface area contributed by atoms with Gasteiger partial charge in [0.15, 0.2) is 0 Å². The zero-order valence-corrected chi connectivity index (χ0v) is 9.10. The Kier molecular flexibility index (Phi) is 2.63. The molecule has 0 aliphatic rings. The molecule has 2 rings (SSSR count). The van der Waals surface area contributed by atoms with Gasteiger partial charge in [0, 0.05) is 6.42 Å². The lowest BCUT2D eigenvalue weighted by Crippen LogP contribution is -1.80. The number of aryl methyl sites for hydroxylation is 2. The summed E-state index contributed by atoms with van der Waals surface area (Å²) in [6, 6.07) is 2.06. The van der Waals surface area contributed by atoms with E-state index in [1.165, 1.54) is 5.56 Å². The van der Waals surface area contributed by atoms with E-state index in [1.54, 1.807) is 11.3 Å². The Labute approximate surface area is 86.8 Å². The van der Waals surface area contributed by atoms with Crippen molar-refractivity contribution in [2.24, 2.45) is 0 Å². The van der Waals surface area contributed by atoms with Gasteiger partial charge >= 0.3 is 0 Å². The monoisotopic (exact) mass is 208 g/mol. The van der Waals surface area contributed by atoms with Crippen LogP contribution in [0.25, 0.3) is 10.8 Å². The molecule has 4 heteroatoms. The second kappa shape index (κ2) is 3.92. The van der Waals surface area contributed by atoms with Crippen LogP contribution in [-0.2, 0) is 6.42 Å². The largest absolute Gasteiger partial charge is 0.420 e. The van der Waals surface area contributed by atoms with Gasteiger partial charge in [-0.25, -0.2) is 0 Å². The van der Waals surface area contributed by atoms with Crippen LogP contribution >= 0.6 is 11.3 Å².